The molecule has 1 nitrogen and oxygen atoms in total. The Balaban J connectivity index is 2.23. The first-order chi connectivity index (χ1) is 6.83. The van der Waals surface area contributed by atoms with E-state index >= 15 is 0 Å². The van der Waals surface area contributed by atoms with Crippen molar-refractivity contribution in [2.24, 2.45) is 0 Å². The van der Waals surface area contributed by atoms with Gasteiger partial charge in [0.25, 0.3) is 0 Å². The molecule has 1 N–H and O–H groups in total. The van der Waals surface area contributed by atoms with Gasteiger partial charge in [-0.2, -0.15) is 0 Å². The van der Waals surface area contributed by atoms with Crippen LogP contribution in [0.2, 0.25) is 0 Å². The van der Waals surface area contributed by atoms with E-state index in [1.54, 1.807) is 0 Å². The van der Waals surface area contributed by atoms with E-state index in [1.807, 2.05) is 0 Å². The summed E-state index contributed by atoms with van der Waals surface area (Å²) < 4.78 is 0. The number of nitrogens with one attached hydrogen (secondary N) is 1. The molecule has 78 valence electrons. The van der Waals surface area contributed by atoms with Crippen LogP contribution in [0.25, 0.3) is 0 Å². The first-order valence-electron chi connectivity index (χ1n) is 5.59. The minimum absolute atomic E-state index is 0.417. The van der Waals surface area contributed by atoms with Crippen LogP contribution >= 0.6 is 0 Å². The summed E-state index contributed by atoms with van der Waals surface area (Å²) in [6, 6.07) is 0.417. The molecule has 0 aliphatic heterocycles. The van der Waals surface area contributed by atoms with Crippen molar-refractivity contribution >= 4 is 0 Å². The molecule has 0 spiro atoms. The molecule has 0 heterocycles. The average Bonchev–Trinajstić information content (AvgIpc) is 2.38. The molecule has 1 unspecified atom stereocenters. The van der Waals surface area contributed by atoms with E-state index in [0.717, 1.165) is 6.54 Å². The third kappa shape index (κ3) is 4.43. The van der Waals surface area contributed by atoms with Crippen LogP contribution in [0.3, 0.4) is 0 Å². The average molecular weight is 191 g/mol. The summed E-state index contributed by atoms with van der Waals surface area (Å²) in [5, 5.41) is 3.51. The highest BCUT2D eigenvalue weighted by Gasteiger charge is 1.99. The van der Waals surface area contributed by atoms with Crippen LogP contribution < -0.4 is 5.32 Å². The van der Waals surface area contributed by atoms with E-state index < -0.39 is 0 Å². The zero-order chi connectivity index (χ0) is 10.2. The van der Waals surface area contributed by atoms with Crippen molar-refractivity contribution in [1.82, 2.24) is 5.32 Å². The minimum Gasteiger partial charge on any atom is -0.307 e. The van der Waals surface area contributed by atoms with E-state index in [9.17, 15) is 0 Å². The third-order valence-electron chi connectivity index (χ3n) is 2.40. The predicted octanol–water partition coefficient (Wildman–Crippen LogP) is 3.21. The van der Waals surface area contributed by atoms with Crippen molar-refractivity contribution in [1.29, 1.82) is 0 Å². The van der Waals surface area contributed by atoms with Gasteiger partial charge in [0, 0.05) is 6.04 Å². The summed E-state index contributed by atoms with van der Waals surface area (Å²) in [5.41, 5.74) is 1.32. The van der Waals surface area contributed by atoms with Crippen LogP contribution in [0.15, 0.2) is 36.0 Å². The largest absolute Gasteiger partial charge is 0.307 e. The molecule has 0 aromatic rings. The summed E-state index contributed by atoms with van der Waals surface area (Å²) in [4.78, 5) is 0. The predicted molar refractivity (Wildman–Crippen MR) is 63.4 cm³/mol. The Bertz CT molecular complexity index is 236. The summed E-state index contributed by atoms with van der Waals surface area (Å²) in [6.07, 6.45) is 14.8. The van der Waals surface area contributed by atoms with E-state index in [4.69, 9.17) is 0 Å². The van der Waals surface area contributed by atoms with E-state index in [2.05, 4.69) is 49.5 Å². The highest BCUT2D eigenvalue weighted by atomic mass is 14.9. The monoisotopic (exact) mass is 191 g/mol. The second-order valence-corrected chi connectivity index (χ2v) is 3.84. The van der Waals surface area contributed by atoms with Gasteiger partial charge in [0.05, 0.1) is 0 Å². The van der Waals surface area contributed by atoms with Crippen LogP contribution in [0.5, 0.6) is 0 Å². The Morgan fingerprint density at radius 3 is 2.93 bits per heavy atom. The van der Waals surface area contributed by atoms with Crippen LogP contribution in [-0.2, 0) is 0 Å². The first kappa shape index (κ1) is 11.3. The molecule has 0 amide bonds. The topological polar surface area (TPSA) is 12.0 Å². The summed E-state index contributed by atoms with van der Waals surface area (Å²) in [6.45, 7) is 5.48. The highest BCUT2D eigenvalue weighted by molar-refractivity contribution is 5.28. The fraction of sp³-hybridized carbons (Fsp3) is 0.538. The Morgan fingerprint density at radius 1 is 1.29 bits per heavy atom. The van der Waals surface area contributed by atoms with Crippen molar-refractivity contribution in [3.8, 4) is 0 Å². The zero-order valence-corrected chi connectivity index (χ0v) is 9.29. The van der Waals surface area contributed by atoms with Gasteiger partial charge in [-0.25, -0.2) is 0 Å². The Kier molecular flexibility index (Phi) is 5.31. The maximum Gasteiger partial charge on any atom is 0.0441 e. The van der Waals surface area contributed by atoms with Gasteiger partial charge in [0.1, 0.15) is 0 Å². The molecule has 0 fully saturated rings. The Labute approximate surface area is 87.6 Å². The molecule has 1 aliphatic carbocycles. The van der Waals surface area contributed by atoms with Gasteiger partial charge in [-0.3, -0.25) is 0 Å². The van der Waals surface area contributed by atoms with Crippen LogP contribution in [-0.4, -0.2) is 12.6 Å². The fourth-order valence-corrected chi connectivity index (χ4v) is 1.48. The van der Waals surface area contributed by atoms with Gasteiger partial charge < -0.3 is 5.32 Å². The zero-order valence-electron chi connectivity index (χ0n) is 9.29. The fourth-order valence-electron chi connectivity index (χ4n) is 1.48. The SMILES string of the molecule is CCCCCNC1C=CC=C(C)C=C1. The second kappa shape index (κ2) is 6.61. The number of hydrogen-bond acceptors (Lipinski definition) is 1. The summed E-state index contributed by atoms with van der Waals surface area (Å²) in [7, 11) is 0. The summed E-state index contributed by atoms with van der Waals surface area (Å²) >= 11 is 0. The maximum absolute atomic E-state index is 3.51. The number of hydrogen-bond donors (Lipinski definition) is 1. The second-order valence-electron chi connectivity index (χ2n) is 3.84. The first-order valence-corrected chi connectivity index (χ1v) is 5.59. The lowest BCUT2D eigenvalue weighted by atomic mass is 10.2. The van der Waals surface area contributed by atoms with Crippen molar-refractivity contribution in [3.63, 3.8) is 0 Å². The van der Waals surface area contributed by atoms with Crippen molar-refractivity contribution in [2.75, 3.05) is 6.54 Å². The van der Waals surface area contributed by atoms with Gasteiger partial charge in [-0.05, 0) is 19.9 Å². The molecule has 1 aliphatic rings. The number of unbranched alkanes of at least 4 members (excludes halogenated alkanes) is 2. The van der Waals surface area contributed by atoms with Gasteiger partial charge in [0.2, 0.25) is 0 Å². The maximum atomic E-state index is 3.51. The van der Waals surface area contributed by atoms with Crippen molar-refractivity contribution < 1.29 is 0 Å². The molecule has 14 heavy (non-hydrogen) atoms. The lowest BCUT2D eigenvalue weighted by Crippen LogP contribution is -2.25. The molecule has 1 atom stereocenters. The number of rotatable bonds is 5. The molecule has 1 rings (SSSR count). The molecule has 0 saturated heterocycles. The lowest BCUT2D eigenvalue weighted by Gasteiger charge is -2.09. The van der Waals surface area contributed by atoms with Gasteiger partial charge in [0.15, 0.2) is 0 Å². The summed E-state index contributed by atoms with van der Waals surface area (Å²) in [5.74, 6) is 0. The highest BCUT2D eigenvalue weighted by Crippen LogP contribution is 2.04. The molecular formula is C13H21N. The van der Waals surface area contributed by atoms with Gasteiger partial charge in [-0.1, -0.05) is 55.7 Å². The van der Waals surface area contributed by atoms with E-state index in [-0.39, 0.29) is 0 Å². The number of allylic oxidation sites excluding steroid dienone is 4. The van der Waals surface area contributed by atoms with Crippen molar-refractivity contribution in [3.05, 3.63) is 36.0 Å². The normalized spacial score (nSPS) is 20.7. The molecular weight excluding hydrogens is 170 g/mol. The quantitative estimate of drug-likeness (QED) is 0.658. The lowest BCUT2D eigenvalue weighted by molar-refractivity contribution is 0.608. The van der Waals surface area contributed by atoms with E-state index in [0.29, 0.717) is 6.04 Å². The molecule has 0 bridgehead atoms. The molecule has 1 heteroatoms. The third-order valence-corrected chi connectivity index (χ3v) is 2.40. The van der Waals surface area contributed by atoms with E-state index in [1.165, 1.54) is 24.8 Å². The standard InChI is InChI=1S/C13H21N/c1-3-4-5-11-14-13-8-6-7-12(2)9-10-13/h6-10,13-14H,3-5,11H2,1-2H3. The molecule has 0 saturated carbocycles. The molecule has 0 aromatic heterocycles. The Morgan fingerprint density at radius 2 is 2.14 bits per heavy atom. The molecule has 0 radical (unpaired) electrons. The smallest absolute Gasteiger partial charge is 0.0441 e. The molecule has 0 aromatic carbocycles. The van der Waals surface area contributed by atoms with Crippen molar-refractivity contribution in [2.45, 2.75) is 39.2 Å². The van der Waals surface area contributed by atoms with Gasteiger partial charge >= 0.3 is 0 Å². The minimum atomic E-state index is 0.417. The van der Waals surface area contributed by atoms with Gasteiger partial charge in [-0.15, -0.1) is 0 Å². The van der Waals surface area contributed by atoms with Crippen LogP contribution in [0, 0.1) is 0 Å². The Hall–Kier alpha value is -0.820. The van der Waals surface area contributed by atoms with Crippen LogP contribution in [0.4, 0.5) is 0 Å². The van der Waals surface area contributed by atoms with Crippen LogP contribution in [0.1, 0.15) is 33.1 Å².